The molecule has 0 aliphatic heterocycles. The number of pyridine rings is 1. The molecule has 4 aromatic rings. The van der Waals surface area contributed by atoms with Crippen molar-refractivity contribution in [3.05, 3.63) is 64.0 Å². The fraction of sp³-hybridized carbons (Fsp3) is 0.0588. The third-order valence-electron chi connectivity index (χ3n) is 3.90. The number of nitrogens with zero attached hydrogens (tertiary/aromatic N) is 3. The Kier molecular flexibility index (Phi) is 3.88. The molecule has 126 valence electrons. The number of hydrogen-bond acceptors (Lipinski definition) is 4. The average molecular weight is 464 g/mol. The molecular weight excluding hydrogens is 451 g/mol. The first-order valence-electron chi connectivity index (χ1n) is 7.46. The van der Waals surface area contributed by atoms with Crippen molar-refractivity contribution in [3.8, 4) is 0 Å². The third kappa shape index (κ3) is 2.74. The molecule has 25 heavy (non-hydrogen) atoms. The highest BCUT2D eigenvalue weighted by Crippen LogP contribution is 2.29. The number of nitrogens with one attached hydrogen (secondary N) is 1. The lowest BCUT2D eigenvalue weighted by molar-refractivity contribution is 0.600. The van der Waals surface area contributed by atoms with Crippen LogP contribution in [-0.2, 0) is 10.0 Å². The molecule has 0 spiro atoms. The lowest BCUT2D eigenvalue weighted by Crippen LogP contribution is -2.16. The van der Waals surface area contributed by atoms with Crippen LogP contribution >= 0.6 is 22.6 Å². The van der Waals surface area contributed by atoms with Gasteiger partial charge in [-0.1, -0.05) is 17.7 Å². The zero-order valence-electron chi connectivity index (χ0n) is 13.1. The molecule has 6 nitrogen and oxygen atoms in total. The van der Waals surface area contributed by atoms with Gasteiger partial charge in [0, 0.05) is 21.4 Å². The molecule has 0 bridgehead atoms. The summed E-state index contributed by atoms with van der Waals surface area (Å²) in [5.41, 5.74) is 2.51. The van der Waals surface area contributed by atoms with Crippen molar-refractivity contribution in [2.24, 2.45) is 0 Å². The summed E-state index contributed by atoms with van der Waals surface area (Å²) in [7, 11) is -3.74. The summed E-state index contributed by atoms with van der Waals surface area (Å²) in [5.74, 6) is 0.213. The maximum Gasteiger partial charge on any atom is 0.264 e. The lowest BCUT2D eigenvalue weighted by atomic mass is 10.2. The first-order valence-corrected chi connectivity index (χ1v) is 10.0. The Morgan fingerprint density at radius 1 is 1.04 bits per heavy atom. The second-order valence-corrected chi connectivity index (χ2v) is 8.36. The number of rotatable bonds is 3. The number of anilines is 1. The van der Waals surface area contributed by atoms with E-state index in [2.05, 4.69) is 37.3 Å². The van der Waals surface area contributed by atoms with E-state index in [-0.39, 0.29) is 10.8 Å². The molecule has 3 aromatic heterocycles. The van der Waals surface area contributed by atoms with E-state index in [0.717, 1.165) is 20.0 Å². The van der Waals surface area contributed by atoms with Crippen molar-refractivity contribution in [1.29, 1.82) is 0 Å². The minimum atomic E-state index is -3.74. The van der Waals surface area contributed by atoms with Gasteiger partial charge in [-0.2, -0.15) is 0 Å². The zero-order valence-corrected chi connectivity index (χ0v) is 16.1. The van der Waals surface area contributed by atoms with Crippen molar-refractivity contribution in [2.45, 2.75) is 11.8 Å². The smallest absolute Gasteiger partial charge is 0.262 e. The molecule has 0 radical (unpaired) electrons. The number of aryl methyl sites for hydroxylation is 1. The van der Waals surface area contributed by atoms with Crippen LogP contribution in [0.2, 0.25) is 0 Å². The predicted molar refractivity (Wildman–Crippen MR) is 105 cm³/mol. The van der Waals surface area contributed by atoms with Crippen molar-refractivity contribution in [2.75, 3.05) is 4.72 Å². The van der Waals surface area contributed by atoms with Crippen LogP contribution in [0.4, 0.5) is 5.95 Å². The molecule has 8 heteroatoms. The molecule has 1 N–H and O–H groups in total. The van der Waals surface area contributed by atoms with Crippen molar-refractivity contribution < 1.29 is 8.42 Å². The standard InChI is InChI=1S/C17H13IN4O2S/c1-11-4-6-12(7-5-11)25(23,24)21-17-20-10-8-14-15(18)13-3-2-9-19-16(13)22(14)17/h2-10H,1H3,(H,20,21). The summed E-state index contributed by atoms with van der Waals surface area (Å²) in [4.78, 5) is 8.81. The molecule has 4 rings (SSSR count). The maximum atomic E-state index is 12.7. The Labute approximate surface area is 158 Å². The van der Waals surface area contributed by atoms with E-state index in [1.165, 1.54) is 0 Å². The largest absolute Gasteiger partial charge is 0.264 e. The van der Waals surface area contributed by atoms with E-state index in [1.54, 1.807) is 41.1 Å². The molecule has 0 amide bonds. The molecule has 0 saturated heterocycles. The number of hydrogen-bond donors (Lipinski definition) is 1. The monoisotopic (exact) mass is 464 g/mol. The molecule has 0 aliphatic rings. The topological polar surface area (TPSA) is 76.4 Å². The molecule has 0 aliphatic carbocycles. The van der Waals surface area contributed by atoms with Gasteiger partial charge in [0.25, 0.3) is 10.0 Å². The molecule has 0 unspecified atom stereocenters. The third-order valence-corrected chi connectivity index (χ3v) is 6.38. The van der Waals surface area contributed by atoms with E-state index < -0.39 is 10.0 Å². The number of halogens is 1. The van der Waals surface area contributed by atoms with Gasteiger partial charge in [-0.05, 0) is 59.8 Å². The van der Waals surface area contributed by atoms with Gasteiger partial charge in [-0.3, -0.25) is 4.40 Å². The van der Waals surface area contributed by atoms with Crippen LogP contribution < -0.4 is 4.72 Å². The van der Waals surface area contributed by atoms with Crippen LogP contribution in [0.1, 0.15) is 5.56 Å². The second kappa shape index (κ2) is 5.95. The van der Waals surface area contributed by atoms with Gasteiger partial charge < -0.3 is 0 Å². The van der Waals surface area contributed by atoms with Crippen molar-refractivity contribution in [3.63, 3.8) is 0 Å². The van der Waals surface area contributed by atoms with Gasteiger partial charge in [0.1, 0.15) is 5.65 Å². The molecular formula is C17H13IN4O2S. The Bertz CT molecular complexity index is 1200. The molecule has 0 atom stereocenters. The molecule has 0 saturated carbocycles. The van der Waals surface area contributed by atoms with Gasteiger partial charge >= 0.3 is 0 Å². The Hall–Kier alpha value is -2.20. The van der Waals surface area contributed by atoms with E-state index >= 15 is 0 Å². The summed E-state index contributed by atoms with van der Waals surface area (Å²) >= 11 is 2.23. The minimum absolute atomic E-state index is 0.191. The summed E-state index contributed by atoms with van der Waals surface area (Å²) in [6.07, 6.45) is 3.26. The van der Waals surface area contributed by atoms with Crippen LogP contribution in [0.25, 0.3) is 16.6 Å². The van der Waals surface area contributed by atoms with Gasteiger partial charge in [0.05, 0.1) is 10.4 Å². The summed E-state index contributed by atoms with van der Waals surface area (Å²) in [6, 6.07) is 12.3. The number of benzene rings is 1. The van der Waals surface area contributed by atoms with Crippen LogP contribution in [0.5, 0.6) is 0 Å². The highest BCUT2D eigenvalue weighted by atomic mass is 127. The molecule has 1 aromatic carbocycles. The zero-order chi connectivity index (χ0) is 17.6. The fourth-order valence-corrected chi connectivity index (χ4v) is 4.50. The number of fused-ring (bicyclic) bond motifs is 3. The first-order chi connectivity index (χ1) is 12.0. The van der Waals surface area contributed by atoms with Crippen molar-refractivity contribution >= 4 is 55.1 Å². The minimum Gasteiger partial charge on any atom is -0.262 e. The Morgan fingerprint density at radius 2 is 1.80 bits per heavy atom. The summed E-state index contributed by atoms with van der Waals surface area (Å²) < 4.78 is 30.7. The SMILES string of the molecule is Cc1ccc(S(=O)(=O)Nc2nccc3c(I)c4cccnc4n23)cc1. The summed E-state index contributed by atoms with van der Waals surface area (Å²) in [6.45, 7) is 1.91. The highest BCUT2D eigenvalue weighted by molar-refractivity contribution is 14.1. The van der Waals surface area contributed by atoms with Crippen molar-refractivity contribution in [1.82, 2.24) is 14.4 Å². The number of sulfonamides is 1. The highest BCUT2D eigenvalue weighted by Gasteiger charge is 2.19. The van der Waals surface area contributed by atoms with Gasteiger partial charge in [0.2, 0.25) is 5.95 Å². The van der Waals surface area contributed by atoms with E-state index in [4.69, 9.17) is 0 Å². The van der Waals surface area contributed by atoms with Crippen LogP contribution in [0, 0.1) is 10.5 Å². The Balaban J connectivity index is 1.90. The van der Waals surface area contributed by atoms with E-state index in [0.29, 0.717) is 5.65 Å². The Morgan fingerprint density at radius 3 is 2.56 bits per heavy atom. The average Bonchev–Trinajstić information content (AvgIpc) is 2.89. The molecule has 0 fully saturated rings. The molecule has 3 heterocycles. The van der Waals surface area contributed by atoms with Crippen LogP contribution in [-0.4, -0.2) is 22.8 Å². The predicted octanol–water partition coefficient (Wildman–Crippen LogP) is 3.60. The normalized spacial score (nSPS) is 11.9. The van der Waals surface area contributed by atoms with E-state index in [1.807, 2.05) is 25.1 Å². The quantitative estimate of drug-likeness (QED) is 0.471. The maximum absolute atomic E-state index is 12.7. The van der Waals surface area contributed by atoms with E-state index in [9.17, 15) is 8.42 Å². The van der Waals surface area contributed by atoms with Gasteiger partial charge in [0.15, 0.2) is 0 Å². The second-order valence-electron chi connectivity index (χ2n) is 5.60. The van der Waals surface area contributed by atoms with Gasteiger partial charge in [-0.25, -0.2) is 23.1 Å². The lowest BCUT2D eigenvalue weighted by Gasteiger charge is -2.10. The fourth-order valence-electron chi connectivity index (χ4n) is 2.66. The van der Waals surface area contributed by atoms with Gasteiger partial charge in [-0.15, -0.1) is 0 Å². The number of aromatic nitrogens is 3. The first kappa shape index (κ1) is 16.3. The van der Waals surface area contributed by atoms with Crippen LogP contribution in [0.15, 0.2) is 59.8 Å². The van der Waals surface area contributed by atoms with Crippen LogP contribution in [0.3, 0.4) is 0 Å². The summed E-state index contributed by atoms with van der Waals surface area (Å²) in [5, 5.41) is 0.951.